The summed E-state index contributed by atoms with van der Waals surface area (Å²) in [4.78, 5) is 0. The van der Waals surface area contributed by atoms with Crippen LogP contribution in [0.15, 0.2) is 0 Å². The quantitative estimate of drug-likeness (QED) is 0.677. The largest absolute Gasteiger partial charge is 0.396 e. The Bertz CT molecular complexity index is 144. The van der Waals surface area contributed by atoms with Gasteiger partial charge in [-0.25, -0.2) is 0 Å². The van der Waals surface area contributed by atoms with Gasteiger partial charge in [0.25, 0.3) is 0 Å². The molecule has 14 heavy (non-hydrogen) atoms. The minimum Gasteiger partial charge on any atom is -0.396 e. The van der Waals surface area contributed by atoms with E-state index in [-0.39, 0.29) is 6.61 Å². The summed E-state index contributed by atoms with van der Waals surface area (Å²) in [7, 11) is 0. The first kappa shape index (κ1) is 12.0. The number of hydrogen-bond donors (Lipinski definition) is 2. The van der Waals surface area contributed by atoms with Crippen LogP contribution in [0.3, 0.4) is 0 Å². The number of rotatable bonds is 6. The molecule has 0 bridgehead atoms. The second-order valence-electron chi connectivity index (χ2n) is 4.41. The van der Waals surface area contributed by atoms with Gasteiger partial charge in [-0.2, -0.15) is 0 Å². The molecule has 1 aliphatic rings. The topological polar surface area (TPSA) is 41.5 Å². The lowest BCUT2D eigenvalue weighted by Gasteiger charge is -2.23. The average Bonchev–Trinajstić information content (AvgIpc) is 2.64. The van der Waals surface area contributed by atoms with E-state index in [2.05, 4.69) is 19.2 Å². The van der Waals surface area contributed by atoms with Crippen molar-refractivity contribution in [1.82, 2.24) is 5.32 Å². The highest BCUT2D eigenvalue weighted by Crippen LogP contribution is 2.12. The number of nitrogens with one attached hydrogen (secondary N) is 1. The van der Waals surface area contributed by atoms with Crippen molar-refractivity contribution in [2.45, 2.75) is 45.3 Å². The van der Waals surface area contributed by atoms with Gasteiger partial charge in [0.1, 0.15) is 0 Å². The molecule has 84 valence electrons. The van der Waals surface area contributed by atoms with Crippen molar-refractivity contribution in [3.63, 3.8) is 0 Å². The number of hydrogen-bond acceptors (Lipinski definition) is 3. The molecular formula is C11H23NO2. The van der Waals surface area contributed by atoms with Gasteiger partial charge >= 0.3 is 0 Å². The fourth-order valence-electron chi connectivity index (χ4n) is 1.90. The predicted octanol–water partition coefficient (Wildman–Crippen LogP) is 1.16. The van der Waals surface area contributed by atoms with Gasteiger partial charge in [-0.05, 0) is 25.2 Å². The second kappa shape index (κ2) is 6.38. The Morgan fingerprint density at radius 3 is 2.79 bits per heavy atom. The maximum atomic E-state index is 8.91. The zero-order chi connectivity index (χ0) is 10.4. The van der Waals surface area contributed by atoms with Crippen LogP contribution in [0.2, 0.25) is 0 Å². The van der Waals surface area contributed by atoms with E-state index in [0.717, 1.165) is 19.6 Å². The molecule has 2 N–H and O–H groups in total. The van der Waals surface area contributed by atoms with Crippen molar-refractivity contribution < 1.29 is 9.84 Å². The molecule has 0 spiro atoms. The monoisotopic (exact) mass is 201 g/mol. The van der Waals surface area contributed by atoms with E-state index < -0.39 is 0 Å². The Morgan fingerprint density at radius 2 is 2.29 bits per heavy atom. The van der Waals surface area contributed by atoms with Gasteiger partial charge < -0.3 is 15.2 Å². The summed E-state index contributed by atoms with van der Waals surface area (Å²) in [5, 5.41) is 12.4. The van der Waals surface area contributed by atoms with Crippen molar-refractivity contribution in [3.05, 3.63) is 0 Å². The van der Waals surface area contributed by atoms with Crippen LogP contribution in [0.25, 0.3) is 0 Å². The Hall–Kier alpha value is -0.120. The lowest BCUT2D eigenvalue weighted by molar-refractivity contribution is 0.103. The summed E-state index contributed by atoms with van der Waals surface area (Å²) in [6.45, 7) is 6.48. The maximum absolute atomic E-state index is 8.91. The van der Waals surface area contributed by atoms with E-state index >= 15 is 0 Å². The lowest BCUT2D eigenvalue weighted by Crippen LogP contribution is -2.39. The molecule has 0 aromatic carbocycles. The van der Waals surface area contributed by atoms with Gasteiger partial charge in [-0.3, -0.25) is 0 Å². The van der Waals surface area contributed by atoms with Gasteiger partial charge in [0, 0.05) is 25.8 Å². The Morgan fingerprint density at radius 1 is 1.50 bits per heavy atom. The molecular weight excluding hydrogens is 178 g/mol. The van der Waals surface area contributed by atoms with Crippen LogP contribution in [0, 0.1) is 5.92 Å². The summed E-state index contributed by atoms with van der Waals surface area (Å²) in [6, 6.07) is 0.421. The predicted molar refractivity (Wildman–Crippen MR) is 57.3 cm³/mol. The zero-order valence-electron chi connectivity index (χ0n) is 9.33. The van der Waals surface area contributed by atoms with Gasteiger partial charge in [0.05, 0.1) is 6.10 Å². The Kier molecular flexibility index (Phi) is 5.45. The van der Waals surface area contributed by atoms with Crippen molar-refractivity contribution in [1.29, 1.82) is 0 Å². The molecule has 3 nitrogen and oxygen atoms in total. The molecule has 1 rings (SSSR count). The molecule has 0 radical (unpaired) electrons. The molecule has 2 atom stereocenters. The Balaban J connectivity index is 2.17. The standard InChI is InChI=1S/C11H23NO2/c1-9(2)11(5-6-13)12-8-10-4-3-7-14-10/h9-13H,3-8H2,1-2H3. The number of aliphatic hydroxyl groups is 1. The molecule has 0 aliphatic carbocycles. The lowest BCUT2D eigenvalue weighted by atomic mass is 10.0. The molecule has 0 aromatic rings. The zero-order valence-corrected chi connectivity index (χ0v) is 9.33. The van der Waals surface area contributed by atoms with Crippen LogP contribution in [0.1, 0.15) is 33.1 Å². The van der Waals surface area contributed by atoms with Crippen LogP contribution in [0.4, 0.5) is 0 Å². The van der Waals surface area contributed by atoms with Gasteiger partial charge in [-0.15, -0.1) is 0 Å². The van der Waals surface area contributed by atoms with E-state index in [4.69, 9.17) is 9.84 Å². The number of aliphatic hydroxyl groups excluding tert-OH is 1. The highest BCUT2D eigenvalue weighted by Gasteiger charge is 2.18. The first-order valence-corrected chi connectivity index (χ1v) is 5.70. The minimum atomic E-state index is 0.265. The van der Waals surface area contributed by atoms with Crippen LogP contribution < -0.4 is 5.32 Å². The minimum absolute atomic E-state index is 0.265. The maximum Gasteiger partial charge on any atom is 0.0700 e. The molecule has 3 heteroatoms. The molecule has 2 unspecified atom stereocenters. The molecule has 0 aromatic heterocycles. The van der Waals surface area contributed by atoms with Gasteiger partial charge in [0.15, 0.2) is 0 Å². The van der Waals surface area contributed by atoms with E-state index in [0.29, 0.717) is 18.1 Å². The third-order valence-electron chi connectivity index (χ3n) is 2.88. The van der Waals surface area contributed by atoms with Crippen molar-refractivity contribution in [2.75, 3.05) is 19.8 Å². The van der Waals surface area contributed by atoms with Crippen LogP contribution in [-0.2, 0) is 4.74 Å². The summed E-state index contributed by atoms with van der Waals surface area (Å²) >= 11 is 0. The fourth-order valence-corrected chi connectivity index (χ4v) is 1.90. The Labute approximate surface area is 86.8 Å². The normalized spacial score (nSPS) is 24.4. The van der Waals surface area contributed by atoms with Crippen molar-refractivity contribution in [2.24, 2.45) is 5.92 Å². The first-order valence-electron chi connectivity index (χ1n) is 5.70. The van der Waals surface area contributed by atoms with Crippen molar-refractivity contribution in [3.8, 4) is 0 Å². The molecule has 0 amide bonds. The summed E-state index contributed by atoms with van der Waals surface area (Å²) in [6.07, 6.45) is 3.61. The highest BCUT2D eigenvalue weighted by atomic mass is 16.5. The third-order valence-corrected chi connectivity index (χ3v) is 2.88. The molecule has 1 fully saturated rings. The highest BCUT2D eigenvalue weighted by molar-refractivity contribution is 4.74. The number of ether oxygens (including phenoxy) is 1. The van der Waals surface area contributed by atoms with E-state index in [9.17, 15) is 0 Å². The van der Waals surface area contributed by atoms with Crippen LogP contribution in [0.5, 0.6) is 0 Å². The summed E-state index contributed by atoms with van der Waals surface area (Å²) in [5.41, 5.74) is 0. The molecule has 0 saturated carbocycles. The van der Waals surface area contributed by atoms with Crippen LogP contribution in [-0.4, -0.2) is 37.0 Å². The van der Waals surface area contributed by atoms with Crippen LogP contribution >= 0.6 is 0 Å². The van der Waals surface area contributed by atoms with E-state index in [1.807, 2.05) is 0 Å². The molecule has 1 saturated heterocycles. The second-order valence-corrected chi connectivity index (χ2v) is 4.41. The molecule has 1 heterocycles. The van der Waals surface area contributed by atoms with Gasteiger partial charge in [-0.1, -0.05) is 13.8 Å². The van der Waals surface area contributed by atoms with Crippen molar-refractivity contribution >= 4 is 0 Å². The first-order chi connectivity index (χ1) is 6.74. The summed E-state index contributed by atoms with van der Waals surface area (Å²) < 4.78 is 5.54. The average molecular weight is 201 g/mol. The molecule has 1 aliphatic heterocycles. The fraction of sp³-hybridized carbons (Fsp3) is 1.00. The van der Waals surface area contributed by atoms with E-state index in [1.165, 1.54) is 12.8 Å². The SMILES string of the molecule is CC(C)C(CCO)NCC1CCCO1. The van der Waals surface area contributed by atoms with E-state index in [1.54, 1.807) is 0 Å². The van der Waals surface area contributed by atoms with Gasteiger partial charge in [0.2, 0.25) is 0 Å². The summed E-state index contributed by atoms with van der Waals surface area (Å²) in [5.74, 6) is 0.573. The third kappa shape index (κ3) is 3.95. The smallest absolute Gasteiger partial charge is 0.0700 e.